The number of carbonyl (C=O) groups excluding carboxylic acids is 1. The standard InChI is InChI=1S/C14H13NO2/c16-14(11-5-6-17-9-11)12-7-10-3-1-2-4-13(10)15-8-12/h1-4,7-8,11H,5-6,9H2. The largest absolute Gasteiger partial charge is 0.381 e. The molecule has 3 heteroatoms. The number of aromatic nitrogens is 1. The topological polar surface area (TPSA) is 39.2 Å². The second-order valence-corrected chi connectivity index (χ2v) is 4.34. The molecule has 0 radical (unpaired) electrons. The van der Waals surface area contributed by atoms with Gasteiger partial charge in [0.15, 0.2) is 5.78 Å². The van der Waals surface area contributed by atoms with Crippen molar-refractivity contribution in [3.05, 3.63) is 42.1 Å². The fraction of sp³-hybridized carbons (Fsp3) is 0.286. The van der Waals surface area contributed by atoms with E-state index in [2.05, 4.69) is 4.98 Å². The summed E-state index contributed by atoms with van der Waals surface area (Å²) in [7, 11) is 0. The van der Waals surface area contributed by atoms with Crippen molar-refractivity contribution in [2.75, 3.05) is 13.2 Å². The zero-order chi connectivity index (χ0) is 11.7. The molecule has 3 nitrogen and oxygen atoms in total. The van der Waals surface area contributed by atoms with Gasteiger partial charge in [-0.1, -0.05) is 18.2 Å². The Kier molecular flexibility index (Phi) is 2.61. The zero-order valence-corrected chi connectivity index (χ0v) is 9.43. The monoisotopic (exact) mass is 227 g/mol. The lowest BCUT2D eigenvalue weighted by molar-refractivity contribution is 0.0900. The first kappa shape index (κ1) is 10.4. The molecule has 0 amide bonds. The Morgan fingerprint density at radius 1 is 1.35 bits per heavy atom. The molecule has 1 aromatic carbocycles. The minimum Gasteiger partial charge on any atom is -0.381 e. The highest BCUT2D eigenvalue weighted by atomic mass is 16.5. The third-order valence-electron chi connectivity index (χ3n) is 3.18. The molecular formula is C14H13NO2. The minimum absolute atomic E-state index is 0.0120. The summed E-state index contributed by atoms with van der Waals surface area (Å²) >= 11 is 0. The summed E-state index contributed by atoms with van der Waals surface area (Å²) in [6.45, 7) is 1.24. The number of benzene rings is 1. The maximum absolute atomic E-state index is 12.2. The highest BCUT2D eigenvalue weighted by Crippen LogP contribution is 2.20. The van der Waals surface area contributed by atoms with Crippen molar-refractivity contribution in [1.82, 2.24) is 4.98 Å². The number of ether oxygens (including phenoxy) is 1. The molecule has 1 aliphatic rings. The van der Waals surface area contributed by atoms with Gasteiger partial charge < -0.3 is 4.74 Å². The number of hydrogen-bond acceptors (Lipinski definition) is 3. The number of nitrogens with zero attached hydrogens (tertiary/aromatic N) is 1. The number of fused-ring (bicyclic) bond motifs is 1. The van der Waals surface area contributed by atoms with E-state index >= 15 is 0 Å². The van der Waals surface area contributed by atoms with E-state index in [1.54, 1.807) is 6.20 Å². The lowest BCUT2D eigenvalue weighted by atomic mass is 9.97. The van der Waals surface area contributed by atoms with Crippen molar-refractivity contribution in [3.8, 4) is 0 Å². The molecule has 0 aliphatic carbocycles. The van der Waals surface area contributed by atoms with Gasteiger partial charge in [-0.25, -0.2) is 0 Å². The van der Waals surface area contributed by atoms with E-state index in [1.165, 1.54) is 0 Å². The van der Waals surface area contributed by atoms with Gasteiger partial charge in [0.05, 0.1) is 12.1 Å². The molecule has 0 saturated carbocycles. The number of para-hydroxylation sites is 1. The van der Waals surface area contributed by atoms with Crippen LogP contribution in [-0.4, -0.2) is 24.0 Å². The number of hydrogen-bond donors (Lipinski definition) is 0. The van der Waals surface area contributed by atoms with Crippen LogP contribution in [0.3, 0.4) is 0 Å². The summed E-state index contributed by atoms with van der Waals surface area (Å²) in [5.74, 6) is 0.165. The van der Waals surface area contributed by atoms with Crippen LogP contribution in [-0.2, 0) is 4.74 Å². The number of rotatable bonds is 2. The van der Waals surface area contributed by atoms with Crippen molar-refractivity contribution < 1.29 is 9.53 Å². The molecule has 1 atom stereocenters. The molecule has 86 valence electrons. The lowest BCUT2D eigenvalue weighted by Crippen LogP contribution is -2.14. The maximum atomic E-state index is 12.2. The summed E-state index contributed by atoms with van der Waals surface area (Å²) in [4.78, 5) is 16.5. The Morgan fingerprint density at radius 2 is 2.24 bits per heavy atom. The van der Waals surface area contributed by atoms with Crippen LogP contribution in [0.1, 0.15) is 16.8 Å². The second-order valence-electron chi connectivity index (χ2n) is 4.34. The SMILES string of the molecule is O=C(c1cnc2ccccc2c1)C1CCOC1. The molecule has 0 spiro atoms. The van der Waals surface area contributed by atoms with Gasteiger partial charge in [0.1, 0.15) is 0 Å². The van der Waals surface area contributed by atoms with Crippen LogP contribution < -0.4 is 0 Å². The van der Waals surface area contributed by atoms with Crippen molar-refractivity contribution in [2.45, 2.75) is 6.42 Å². The van der Waals surface area contributed by atoms with Crippen LogP contribution in [0, 0.1) is 5.92 Å². The van der Waals surface area contributed by atoms with Gasteiger partial charge in [0.25, 0.3) is 0 Å². The van der Waals surface area contributed by atoms with Crippen LogP contribution in [0.4, 0.5) is 0 Å². The number of ketones is 1. The van der Waals surface area contributed by atoms with Gasteiger partial charge in [-0.3, -0.25) is 9.78 Å². The summed E-state index contributed by atoms with van der Waals surface area (Å²) in [5, 5.41) is 1.01. The Bertz CT molecular complexity index is 559. The van der Waals surface area contributed by atoms with Gasteiger partial charge in [0, 0.05) is 29.7 Å². The molecule has 17 heavy (non-hydrogen) atoms. The molecule has 2 heterocycles. The Balaban J connectivity index is 1.97. The van der Waals surface area contributed by atoms with Gasteiger partial charge in [-0.05, 0) is 18.6 Å². The molecule has 0 bridgehead atoms. The van der Waals surface area contributed by atoms with Crippen molar-refractivity contribution in [3.63, 3.8) is 0 Å². The first-order valence-electron chi connectivity index (χ1n) is 5.81. The summed E-state index contributed by atoms with van der Waals surface area (Å²) in [5.41, 5.74) is 1.62. The highest BCUT2D eigenvalue weighted by molar-refractivity contribution is 6.00. The first-order valence-corrected chi connectivity index (χ1v) is 5.81. The molecule has 1 aliphatic heterocycles. The van der Waals surface area contributed by atoms with Gasteiger partial charge in [-0.2, -0.15) is 0 Å². The minimum atomic E-state index is 0.0120. The van der Waals surface area contributed by atoms with Gasteiger partial charge >= 0.3 is 0 Å². The Labute approximate surface area is 99.4 Å². The predicted molar refractivity (Wildman–Crippen MR) is 65.0 cm³/mol. The quantitative estimate of drug-likeness (QED) is 0.740. The third kappa shape index (κ3) is 1.94. The Morgan fingerprint density at radius 3 is 3.06 bits per heavy atom. The smallest absolute Gasteiger partial charge is 0.169 e. The molecule has 0 N–H and O–H groups in total. The van der Waals surface area contributed by atoms with Crippen LogP contribution in [0.5, 0.6) is 0 Å². The fourth-order valence-electron chi connectivity index (χ4n) is 2.18. The van der Waals surface area contributed by atoms with Gasteiger partial charge in [0.2, 0.25) is 0 Å². The zero-order valence-electron chi connectivity index (χ0n) is 9.43. The third-order valence-corrected chi connectivity index (χ3v) is 3.18. The molecule has 1 fully saturated rings. The lowest BCUT2D eigenvalue weighted by Gasteiger charge is -2.06. The molecule has 1 aromatic heterocycles. The average Bonchev–Trinajstić information content (AvgIpc) is 2.91. The number of pyridine rings is 1. The summed E-state index contributed by atoms with van der Waals surface area (Å²) in [6, 6.07) is 9.74. The van der Waals surface area contributed by atoms with E-state index < -0.39 is 0 Å². The molecular weight excluding hydrogens is 214 g/mol. The van der Waals surface area contributed by atoms with Crippen molar-refractivity contribution >= 4 is 16.7 Å². The second kappa shape index (κ2) is 4.26. The number of carbonyl (C=O) groups is 1. The normalized spacial score (nSPS) is 19.6. The van der Waals surface area contributed by atoms with E-state index in [4.69, 9.17) is 4.74 Å². The predicted octanol–water partition coefficient (Wildman–Crippen LogP) is 2.45. The maximum Gasteiger partial charge on any atom is 0.169 e. The van der Waals surface area contributed by atoms with Gasteiger partial charge in [-0.15, -0.1) is 0 Å². The highest BCUT2D eigenvalue weighted by Gasteiger charge is 2.24. The van der Waals surface area contributed by atoms with Crippen LogP contribution >= 0.6 is 0 Å². The molecule has 1 saturated heterocycles. The molecule has 3 rings (SSSR count). The van der Waals surface area contributed by atoms with E-state index in [1.807, 2.05) is 30.3 Å². The van der Waals surface area contributed by atoms with E-state index in [0.717, 1.165) is 17.3 Å². The Hall–Kier alpha value is -1.74. The van der Waals surface area contributed by atoms with E-state index in [0.29, 0.717) is 18.8 Å². The molecule has 2 aromatic rings. The fourth-order valence-corrected chi connectivity index (χ4v) is 2.18. The average molecular weight is 227 g/mol. The van der Waals surface area contributed by atoms with Crippen LogP contribution in [0.25, 0.3) is 10.9 Å². The van der Waals surface area contributed by atoms with Crippen molar-refractivity contribution in [1.29, 1.82) is 0 Å². The van der Waals surface area contributed by atoms with E-state index in [-0.39, 0.29) is 11.7 Å². The first-order chi connectivity index (χ1) is 8.34. The van der Waals surface area contributed by atoms with Crippen molar-refractivity contribution in [2.24, 2.45) is 5.92 Å². The van der Waals surface area contributed by atoms with E-state index in [9.17, 15) is 4.79 Å². The summed E-state index contributed by atoms with van der Waals surface area (Å²) in [6.07, 6.45) is 2.49. The van der Waals surface area contributed by atoms with Crippen LogP contribution in [0.2, 0.25) is 0 Å². The number of Topliss-reactive ketones (excluding diaryl/α,β-unsaturated/α-hetero) is 1. The molecule has 1 unspecified atom stereocenters. The van der Waals surface area contributed by atoms with Crippen LogP contribution in [0.15, 0.2) is 36.5 Å². The summed E-state index contributed by atoms with van der Waals surface area (Å²) < 4.78 is 5.25.